The Morgan fingerprint density at radius 2 is 1.08 bits per heavy atom. The van der Waals surface area contributed by atoms with Crippen LogP contribution < -0.4 is 11.5 Å². The molecule has 0 unspecified atom stereocenters. The van der Waals surface area contributed by atoms with Gasteiger partial charge < -0.3 is 11.5 Å². The number of hydrogen-bond acceptors (Lipinski definition) is 6. The molecule has 0 radical (unpaired) electrons. The summed E-state index contributed by atoms with van der Waals surface area (Å²) < 4.78 is 0. The van der Waals surface area contributed by atoms with E-state index in [1.54, 1.807) is 0 Å². The average Bonchev–Trinajstić information content (AvgIpc) is 2.63. The lowest BCUT2D eigenvalue weighted by molar-refractivity contribution is 1.29. The molecule has 0 aliphatic rings. The molecule has 0 amide bonds. The predicted molar refractivity (Wildman–Crippen MR) is 108 cm³/mol. The van der Waals surface area contributed by atoms with E-state index in [-0.39, 0.29) is 21.2 Å². The van der Waals surface area contributed by atoms with Crippen LogP contribution in [-0.2, 0) is 0 Å². The minimum absolute atomic E-state index is 0.0966. The van der Waals surface area contributed by atoms with Crippen molar-refractivity contribution in [2.75, 3.05) is 0 Å². The number of aryl methyl sites for hydroxylation is 2. The molecular formula is C20H18N4S2. The van der Waals surface area contributed by atoms with Crippen molar-refractivity contribution in [1.82, 2.24) is 0 Å². The fraction of sp³-hybridized carbons (Fsp3) is 0.100. The SMILES string of the molecule is Cc1ccccc1S/C(N)=C(C#N)/C(C#N)=C(\N)Sc1ccccc1C. The molecule has 0 aliphatic carbocycles. The molecule has 2 rings (SSSR count). The Bertz CT molecular complexity index is 883. The Labute approximate surface area is 162 Å². The Hall–Kier alpha value is -2.80. The summed E-state index contributed by atoms with van der Waals surface area (Å²) in [5.74, 6) is 0. The van der Waals surface area contributed by atoms with Crippen LogP contribution in [0.1, 0.15) is 11.1 Å². The summed E-state index contributed by atoms with van der Waals surface area (Å²) in [6.45, 7) is 3.93. The standard InChI is InChI=1S/C20H18N4S2/c1-13-7-3-5-9-17(13)25-19(23)15(11-21)16(12-22)20(24)26-18-10-6-4-8-14(18)2/h3-10H,23-24H2,1-2H3/b19-15+,20-16+. The molecule has 26 heavy (non-hydrogen) atoms. The number of nitrogens with two attached hydrogens (primary N) is 2. The maximum absolute atomic E-state index is 9.56. The summed E-state index contributed by atoms with van der Waals surface area (Å²) in [6.07, 6.45) is 0. The van der Waals surface area contributed by atoms with Gasteiger partial charge in [0.05, 0.1) is 10.1 Å². The third kappa shape index (κ3) is 4.64. The van der Waals surface area contributed by atoms with Crippen molar-refractivity contribution in [3.05, 3.63) is 80.9 Å². The highest BCUT2D eigenvalue weighted by atomic mass is 32.2. The molecule has 0 heterocycles. The molecule has 0 aromatic heterocycles. The maximum atomic E-state index is 9.56. The first kappa shape index (κ1) is 19.5. The zero-order valence-corrected chi connectivity index (χ0v) is 16.1. The number of allylic oxidation sites excluding steroid dienone is 2. The summed E-state index contributed by atoms with van der Waals surface area (Å²) in [4.78, 5) is 1.86. The van der Waals surface area contributed by atoms with Crippen molar-refractivity contribution in [3.8, 4) is 12.1 Å². The third-order valence-electron chi connectivity index (χ3n) is 3.59. The van der Waals surface area contributed by atoms with Crippen LogP contribution in [0, 0.1) is 36.5 Å². The van der Waals surface area contributed by atoms with Crippen LogP contribution in [0.4, 0.5) is 0 Å². The van der Waals surface area contributed by atoms with E-state index in [0.29, 0.717) is 0 Å². The second-order valence-electron chi connectivity index (χ2n) is 5.44. The molecule has 0 aliphatic heterocycles. The molecule has 6 heteroatoms. The van der Waals surface area contributed by atoms with Crippen LogP contribution in [0.5, 0.6) is 0 Å². The molecule has 130 valence electrons. The van der Waals surface area contributed by atoms with Crippen LogP contribution in [0.2, 0.25) is 0 Å². The fourth-order valence-corrected chi connectivity index (χ4v) is 3.87. The van der Waals surface area contributed by atoms with Crippen molar-refractivity contribution >= 4 is 23.5 Å². The summed E-state index contributed by atoms with van der Waals surface area (Å²) >= 11 is 2.52. The van der Waals surface area contributed by atoms with Crippen molar-refractivity contribution in [3.63, 3.8) is 0 Å². The molecule has 0 saturated heterocycles. The fourth-order valence-electron chi connectivity index (χ4n) is 2.15. The van der Waals surface area contributed by atoms with E-state index in [9.17, 15) is 10.5 Å². The predicted octanol–water partition coefficient (Wildman–Crippen LogP) is 4.58. The molecule has 0 bridgehead atoms. The second-order valence-corrected chi connectivity index (χ2v) is 7.60. The van der Waals surface area contributed by atoms with E-state index >= 15 is 0 Å². The highest BCUT2D eigenvalue weighted by Gasteiger charge is 2.16. The Morgan fingerprint density at radius 3 is 1.38 bits per heavy atom. The van der Waals surface area contributed by atoms with Crippen LogP contribution in [0.25, 0.3) is 0 Å². The Kier molecular flexibility index (Phi) is 6.80. The van der Waals surface area contributed by atoms with Gasteiger partial charge in [0.15, 0.2) is 0 Å². The van der Waals surface area contributed by atoms with Crippen LogP contribution in [0.3, 0.4) is 0 Å². The smallest absolute Gasteiger partial charge is 0.103 e. The van der Waals surface area contributed by atoms with E-state index < -0.39 is 0 Å². The van der Waals surface area contributed by atoms with E-state index in [2.05, 4.69) is 0 Å². The lowest BCUT2D eigenvalue weighted by Gasteiger charge is -2.10. The van der Waals surface area contributed by atoms with Crippen molar-refractivity contribution in [1.29, 1.82) is 10.5 Å². The second kappa shape index (κ2) is 9.05. The Morgan fingerprint density at radius 1 is 0.731 bits per heavy atom. The van der Waals surface area contributed by atoms with Gasteiger partial charge in [0.2, 0.25) is 0 Å². The molecular weight excluding hydrogens is 360 g/mol. The van der Waals surface area contributed by atoms with Crippen LogP contribution in [-0.4, -0.2) is 0 Å². The van der Waals surface area contributed by atoms with E-state index in [0.717, 1.165) is 20.9 Å². The van der Waals surface area contributed by atoms with Crippen molar-refractivity contribution in [2.45, 2.75) is 23.6 Å². The summed E-state index contributed by atoms with van der Waals surface area (Å²) in [7, 11) is 0. The lowest BCUT2D eigenvalue weighted by Crippen LogP contribution is -2.05. The van der Waals surface area contributed by atoms with Crippen molar-refractivity contribution in [2.24, 2.45) is 11.5 Å². The van der Waals surface area contributed by atoms with E-state index in [4.69, 9.17) is 11.5 Å². The lowest BCUT2D eigenvalue weighted by atomic mass is 10.1. The van der Waals surface area contributed by atoms with Gasteiger partial charge in [-0.05, 0) is 37.1 Å². The maximum Gasteiger partial charge on any atom is 0.103 e. The minimum Gasteiger partial charge on any atom is -0.392 e. The highest BCUT2D eigenvalue weighted by Crippen LogP contribution is 2.34. The molecule has 4 N–H and O–H groups in total. The average molecular weight is 379 g/mol. The van der Waals surface area contributed by atoms with Crippen LogP contribution in [0.15, 0.2) is 79.5 Å². The van der Waals surface area contributed by atoms with Gasteiger partial charge in [0.1, 0.15) is 23.3 Å². The van der Waals surface area contributed by atoms with Gasteiger partial charge in [0, 0.05) is 9.79 Å². The van der Waals surface area contributed by atoms with Gasteiger partial charge in [-0.3, -0.25) is 0 Å². The molecule has 2 aromatic carbocycles. The van der Waals surface area contributed by atoms with E-state index in [1.807, 2.05) is 74.5 Å². The topological polar surface area (TPSA) is 99.6 Å². The highest BCUT2D eigenvalue weighted by molar-refractivity contribution is 8.03. The molecule has 0 saturated carbocycles. The summed E-state index contributed by atoms with van der Waals surface area (Å²) in [6, 6.07) is 19.5. The number of nitrogens with zero attached hydrogens (tertiary/aromatic N) is 2. The summed E-state index contributed by atoms with van der Waals surface area (Å²) in [5.41, 5.74) is 14.6. The van der Waals surface area contributed by atoms with Crippen LogP contribution >= 0.6 is 23.5 Å². The van der Waals surface area contributed by atoms with Gasteiger partial charge >= 0.3 is 0 Å². The van der Waals surface area contributed by atoms with E-state index in [1.165, 1.54) is 23.5 Å². The van der Waals surface area contributed by atoms with Crippen molar-refractivity contribution < 1.29 is 0 Å². The zero-order chi connectivity index (χ0) is 19.1. The largest absolute Gasteiger partial charge is 0.392 e. The first-order valence-corrected chi connectivity index (χ1v) is 9.38. The monoisotopic (exact) mass is 378 g/mol. The van der Waals surface area contributed by atoms with Gasteiger partial charge in [-0.2, -0.15) is 10.5 Å². The number of nitriles is 2. The summed E-state index contributed by atoms with van der Waals surface area (Å²) in [5, 5.41) is 19.6. The molecule has 0 spiro atoms. The molecule has 4 nitrogen and oxygen atoms in total. The van der Waals surface area contributed by atoms with Gasteiger partial charge in [-0.15, -0.1) is 0 Å². The quantitative estimate of drug-likeness (QED) is 0.449. The Balaban J connectivity index is 2.42. The molecule has 0 atom stereocenters. The number of rotatable bonds is 5. The number of benzene rings is 2. The first-order valence-electron chi connectivity index (χ1n) is 7.75. The molecule has 0 fully saturated rings. The number of hydrogen-bond donors (Lipinski definition) is 2. The van der Waals surface area contributed by atoms with Gasteiger partial charge in [0.25, 0.3) is 0 Å². The molecule has 2 aromatic rings. The zero-order valence-electron chi connectivity index (χ0n) is 14.5. The normalized spacial score (nSPS) is 12.5. The first-order chi connectivity index (χ1) is 12.5. The third-order valence-corrected chi connectivity index (χ3v) is 5.80. The minimum atomic E-state index is 0.0966. The van der Waals surface area contributed by atoms with Gasteiger partial charge in [-0.25, -0.2) is 0 Å². The number of thioether (sulfide) groups is 2. The van der Waals surface area contributed by atoms with Gasteiger partial charge in [-0.1, -0.05) is 59.9 Å².